The van der Waals surface area contributed by atoms with Crippen LogP contribution in [-0.2, 0) is 14.3 Å². The number of aliphatic carboxylic acids is 1. The van der Waals surface area contributed by atoms with E-state index in [0.29, 0.717) is 31.1 Å². The van der Waals surface area contributed by atoms with Crippen molar-refractivity contribution in [2.24, 2.45) is 0 Å². The molecular formula is C17H21NO6. The van der Waals surface area contributed by atoms with Gasteiger partial charge in [-0.3, -0.25) is 4.79 Å². The Balaban J connectivity index is 1.65. The first kappa shape index (κ1) is 16.7. The number of rotatable bonds is 4. The first-order valence-electron chi connectivity index (χ1n) is 8.11. The molecule has 1 N–H and O–H groups in total. The van der Waals surface area contributed by atoms with E-state index in [-0.39, 0.29) is 25.2 Å². The highest BCUT2D eigenvalue weighted by atomic mass is 16.5. The fourth-order valence-corrected chi connectivity index (χ4v) is 2.88. The summed E-state index contributed by atoms with van der Waals surface area (Å²) in [7, 11) is 0. The SMILES string of the molecule is O=C(O)C1COCCN1C(=O)c1ccc(OC2CCOCC2)cc1. The molecule has 1 amide bonds. The first-order chi connectivity index (χ1) is 11.6. The zero-order chi connectivity index (χ0) is 16.9. The summed E-state index contributed by atoms with van der Waals surface area (Å²) in [5, 5.41) is 9.23. The molecule has 7 heteroatoms. The van der Waals surface area contributed by atoms with Crippen LogP contribution in [0.2, 0.25) is 0 Å². The van der Waals surface area contributed by atoms with Gasteiger partial charge in [0.25, 0.3) is 5.91 Å². The normalized spacial score (nSPS) is 22.2. The maximum atomic E-state index is 12.6. The zero-order valence-corrected chi connectivity index (χ0v) is 13.3. The maximum Gasteiger partial charge on any atom is 0.328 e. The van der Waals surface area contributed by atoms with E-state index in [4.69, 9.17) is 14.2 Å². The van der Waals surface area contributed by atoms with Crippen LogP contribution in [0.15, 0.2) is 24.3 Å². The molecular weight excluding hydrogens is 314 g/mol. The average molecular weight is 335 g/mol. The van der Waals surface area contributed by atoms with Crippen LogP contribution < -0.4 is 4.74 Å². The number of nitrogens with zero attached hydrogens (tertiary/aromatic N) is 1. The third-order valence-electron chi connectivity index (χ3n) is 4.25. The van der Waals surface area contributed by atoms with Crippen molar-refractivity contribution in [3.63, 3.8) is 0 Å². The van der Waals surface area contributed by atoms with Crippen molar-refractivity contribution in [1.29, 1.82) is 0 Å². The minimum absolute atomic E-state index is 0.0199. The second kappa shape index (κ2) is 7.63. The van der Waals surface area contributed by atoms with Gasteiger partial charge in [-0.2, -0.15) is 0 Å². The molecule has 1 atom stereocenters. The van der Waals surface area contributed by atoms with E-state index < -0.39 is 12.0 Å². The standard InChI is InChI=1S/C17H21NO6/c19-16(18-7-10-23-11-15(18)17(20)21)12-1-3-13(4-2-12)24-14-5-8-22-9-6-14/h1-4,14-15H,5-11H2,(H,20,21). The largest absolute Gasteiger partial charge is 0.490 e. The summed E-state index contributed by atoms with van der Waals surface area (Å²) in [6, 6.07) is 5.90. The molecule has 0 radical (unpaired) electrons. The van der Waals surface area contributed by atoms with Gasteiger partial charge in [0.1, 0.15) is 11.9 Å². The Morgan fingerprint density at radius 2 is 1.79 bits per heavy atom. The summed E-state index contributed by atoms with van der Waals surface area (Å²) in [6.45, 7) is 2.05. The van der Waals surface area contributed by atoms with Crippen LogP contribution >= 0.6 is 0 Å². The summed E-state index contributed by atoms with van der Waals surface area (Å²) in [6.07, 6.45) is 1.85. The second-order valence-corrected chi connectivity index (χ2v) is 5.88. The van der Waals surface area contributed by atoms with Gasteiger partial charge in [0.05, 0.1) is 26.4 Å². The minimum atomic E-state index is -1.05. The van der Waals surface area contributed by atoms with Gasteiger partial charge in [-0.25, -0.2) is 4.79 Å². The molecule has 0 saturated carbocycles. The smallest absolute Gasteiger partial charge is 0.328 e. The topological polar surface area (TPSA) is 85.3 Å². The number of carbonyl (C=O) groups is 2. The van der Waals surface area contributed by atoms with Gasteiger partial charge >= 0.3 is 5.97 Å². The Morgan fingerprint density at radius 3 is 2.46 bits per heavy atom. The van der Waals surface area contributed by atoms with Crippen LogP contribution in [0, 0.1) is 0 Å². The van der Waals surface area contributed by atoms with Crippen LogP contribution in [0.4, 0.5) is 0 Å². The number of carbonyl (C=O) groups excluding carboxylic acids is 1. The molecule has 1 unspecified atom stereocenters. The van der Waals surface area contributed by atoms with Gasteiger partial charge in [-0.15, -0.1) is 0 Å². The quantitative estimate of drug-likeness (QED) is 0.889. The fourth-order valence-electron chi connectivity index (χ4n) is 2.88. The summed E-state index contributed by atoms with van der Waals surface area (Å²) in [5.41, 5.74) is 0.447. The lowest BCUT2D eigenvalue weighted by Crippen LogP contribution is -2.52. The Bertz CT molecular complexity index is 581. The molecule has 24 heavy (non-hydrogen) atoms. The number of benzene rings is 1. The van der Waals surface area contributed by atoms with Gasteiger partial charge in [0.15, 0.2) is 6.04 Å². The van der Waals surface area contributed by atoms with Crippen molar-refractivity contribution < 1.29 is 28.9 Å². The number of hydrogen-bond donors (Lipinski definition) is 1. The van der Waals surface area contributed by atoms with Gasteiger partial charge in [0.2, 0.25) is 0 Å². The molecule has 2 aliphatic heterocycles. The molecule has 0 aliphatic carbocycles. The van der Waals surface area contributed by atoms with Gasteiger partial charge < -0.3 is 24.2 Å². The lowest BCUT2D eigenvalue weighted by atomic mass is 10.1. The van der Waals surface area contributed by atoms with Crippen molar-refractivity contribution in [3.8, 4) is 5.75 Å². The summed E-state index contributed by atoms with van der Waals surface area (Å²) < 4.78 is 16.3. The minimum Gasteiger partial charge on any atom is -0.490 e. The Hall–Kier alpha value is -2.12. The van der Waals surface area contributed by atoms with Gasteiger partial charge in [-0.05, 0) is 24.3 Å². The van der Waals surface area contributed by atoms with Crippen molar-refractivity contribution in [1.82, 2.24) is 4.90 Å². The van der Waals surface area contributed by atoms with Crippen LogP contribution in [0.3, 0.4) is 0 Å². The van der Waals surface area contributed by atoms with Crippen molar-refractivity contribution in [3.05, 3.63) is 29.8 Å². The fraction of sp³-hybridized carbons (Fsp3) is 0.529. The second-order valence-electron chi connectivity index (χ2n) is 5.88. The molecule has 0 spiro atoms. The van der Waals surface area contributed by atoms with E-state index in [1.54, 1.807) is 24.3 Å². The Kier molecular flexibility index (Phi) is 5.32. The summed E-state index contributed by atoms with van der Waals surface area (Å²) in [4.78, 5) is 25.2. The van der Waals surface area contributed by atoms with Crippen molar-refractivity contribution in [2.45, 2.75) is 25.0 Å². The van der Waals surface area contributed by atoms with Crippen LogP contribution in [0.5, 0.6) is 5.75 Å². The van der Waals surface area contributed by atoms with E-state index in [2.05, 4.69) is 0 Å². The zero-order valence-electron chi connectivity index (χ0n) is 13.3. The number of carboxylic acids is 1. The van der Waals surface area contributed by atoms with Gasteiger partial charge in [-0.1, -0.05) is 0 Å². The van der Waals surface area contributed by atoms with E-state index >= 15 is 0 Å². The number of carboxylic acid groups (broad SMARTS) is 1. The lowest BCUT2D eigenvalue weighted by Gasteiger charge is -2.32. The number of amides is 1. The Labute approximate surface area is 140 Å². The molecule has 1 aromatic carbocycles. The molecule has 2 fully saturated rings. The first-order valence-corrected chi connectivity index (χ1v) is 8.11. The number of ether oxygens (including phenoxy) is 3. The molecule has 2 heterocycles. The van der Waals surface area contributed by atoms with E-state index in [9.17, 15) is 14.7 Å². The third-order valence-corrected chi connectivity index (χ3v) is 4.25. The van der Waals surface area contributed by atoms with E-state index in [1.807, 2.05) is 0 Å². The van der Waals surface area contributed by atoms with E-state index in [1.165, 1.54) is 4.90 Å². The molecule has 2 aliphatic rings. The molecule has 0 bridgehead atoms. The lowest BCUT2D eigenvalue weighted by molar-refractivity contribution is -0.147. The van der Waals surface area contributed by atoms with Crippen LogP contribution in [-0.4, -0.2) is 67.0 Å². The van der Waals surface area contributed by atoms with Crippen molar-refractivity contribution >= 4 is 11.9 Å². The molecule has 2 saturated heterocycles. The molecule has 7 nitrogen and oxygen atoms in total. The van der Waals surface area contributed by atoms with Crippen LogP contribution in [0.1, 0.15) is 23.2 Å². The summed E-state index contributed by atoms with van der Waals surface area (Å²) in [5.74, 6) is -0.652. The highest BCUT2D eigenvalue weighted by molar-refractivity contribution is 5.96. The third kappa shape index (κ3) is 3.85. The molecule has 0 aromatic heterocycles. The average Bonchev–Trinajstić information content (AvgIpc) is 2.62. The van der Waals surface area contributed by atoms with Crippen molar-refractivity contribution in [2.75, 3.05) is 33.0 Å². The predicted molar refractivity (Wildman–Crippen MR) is 84.2 cm³/mol. The number of morpholine rings is 1. The predicted octanol–water partition coefficient (Wildman–Crippen LogP) is 1.17. The Morgan fingerprint density at radius 1 is 1.08 bits per heavy atom. The summed E-state index contributed by atoms with van der Waals surface area (Å²) >= 11 is 0. The highest BCUT2D eigenvalue weighted by Crippen LogP contribution is 2.20. The molecule has 3 rings (SSSR count). The highest BCUT2D eigenvalue weighted by Gasteiger charge is 2.33. The molecule has 1 aromatic rings. The maximum absolute atomic E-state index is 12.6. The van der Waals surface area contributed by atoms with E-state index in [0.717, 1.165) is 12.8 Å². The van der Waals surface area contributed by atoms with Crippen LogP contribution in [0.25, 0.3) is 0 Å². The monoisotopic (exact) mass is 335 g/mol. The van der Waals surface area contributed by atoms with Gasteiger partial charge in [0, 0.05) is 24.9 Å². The molecule has 130 valence electrons. The number of hydrogen-bond acceptors (Lipinski definition) is 5.